The molecule has 0 bridgehead atoms. The van der Waals surface area contributed by atoms with Gasteiger partial charge in [-0.1, -0.05) is 30.3 Å². The van der Waals surface area contributed by atoms with E-state index < -0.39 is 0 Å². The number of nitrogens with zero attached hydrogens (tertiary/aromatic N) is 2. The number of benzene rings is 1. The number of hydrogen-bond donors (Lipinski definition) is 1. The van der Waals surface area contributed by atoms with Crippen molar-refractivity contribution in [2.45, 2.75) is 6.92 Å². The van der Waals surface area contributed by atoms with Crippen LogP contribution < -0.4 is 58.2 Å². The summed E-state index contributed by atoms with van der Waals surface area (Å²) in [7, 11) is 0. The molecule has 0 aliphatic carbocycles. The normalized spacial score (nSPS) is 10.3. The average molecular weight is 251 g/mol. The Labute approximate surface area is 127 Å². The average Bonchev–Trinajstić information content (AvgIpc) is 2.07. The van der Waals surface area contributed by atoms with Crippen molar-refractivity contribution in [3.8, 4) is 0 Å². The molecule has 4 heteroatoms. The molecule has 58 valence electrons. The van der Waals surface area contributed by atoms with E-state index in [1.807, 2.05) is 37.3 Å². The van der Waals surface area contributed by atoms with E-state index in [2.05, 4.69) is 22.7 Å². The summed E-state index contributed by atoms with van der Waals surface area (Å²) in [5.41, 5.74) is 1.95. The van der Waals surface area contributed by atoms with Crippen LogP contribution >= 0.6 is 12.8 Å². The van der Waals surface area contributed by atoms with Crippen molar-refractivity contribution in [1.82, 2.24) is 0 Å². The maximum Gasteiger partial charge on any atom is 1.00 e. The fourth-order valence-electron chi connectivity index (χ4n) is 0.804. The van der Waals surface area contributed by atoms with E-state index in [0.29, 0.717) is 0 Å². The molecule has 1 aromatic rings. The molecule has 0 spiro atoms. The maximum atomic E-state index is 3.80. The second kappa shape index (κ2) is 7.27. The Morgan fingerprint density at radius 3 is 2.42 bits per heavy atom. The zero-order chi connectivity index (χ0) is 8.10. The predicted molar refractivity (Wildman–Crippen MR) is 51.0 cm³/mol. The summed E-state index contributed by atoms with van der Waals surface area (Å²) >= 11 is 3.65. The van der Waals surface area contributed by atoms with Crippen LogP contribution in [0, 0.1) is 0 Å². The van der Waals surface area contributed by atoms with Gasteiger partial charge in [0.1, 0.15) is 0 Å². The zero-order valence-corrected chi connectivity index (χ0v) is 13.0. The minimum Gasteiger partial charge on any atom is -0.551 e. The minimum atomic E-state index is 0. The van der Waals surface area contributed by atoms with E-state index in [-0.39, 0.29) is 58.2 Å². The zero-order valence-electron chi connectivity index (χ0n) is 7.23. The summed E-state index contributed by atoms with van der Waals surface area (Å²) in [4.78, 5) is 3.39. The van der Waals surface area contributed by atoms with Gasteiger partial charge in [-0.25, -0.2) is 0 Å². The monoisotopic (exact) mass is 250 g/mol. The van der Waals surface area contributed by atoms with Crippen LogP contribution in [0.4, 0.5) is 0 Å². The van der Waals surface area contributed by atoms with E-state index in [1.165, 1.54) is 0 Å². The number of hydrogen-bond acceptors (Lipinski definition) is 2. The molecule has 0 saturated carbocycles. The summed E-state index contributed by atoms with van der Waals surface area (Å²) in [5.74, 6) is 0. The Bertz CT molecular complexity index is 248. The summed E-state index contributed by atoms with van der Waals surface area (Å²) in [6.45, 7) is 1.90. The van der Waals surface area contributed by atoms with Gasteiger partial charge >= 0.3 is 58.2 Å². The molecule has 12 heavy (non-hydrogen) atoms. The van der Waals surface area contributed by atoms with Gasteiger partial charge in [-0.2, -0.15) is 0 Å². The Balaban J connectivity index is 0.00000121. The largest absolute Gasteiger partial charge is 1.00 e. The molecule has 2 nitrogen and oxygen atoms in total. The van der Waals surface area contributed by atoms with Crippen LogP contribution in [0.3, 0.4) is 0 Å². The third-order valence-electron chi connectivity index (χ3n) is 1.39. The van der Waals surface area contributed by atoms with Crippen LogP contribution in [0.2, 0.25) is 0 Å². The van der Waals surface area contributed by atoms with Gasteiger partial charge in [0.2, 0.25) is 0 Å². The van der Waals surface area contributed by atoms with E-state index in [9.17, 15) is 0 Å². The van der Waals surface area contributed by atoms with Gasteiger partial charge in [-0.3, -0.25) is 12.8 Å². The first kappa shape index (κ1) is 12.8. The van der Waals surface area contributed by atoms with Crippen LogP contribution in [0.1, 0.15) is 12.5 Å². The molecule has 0 aromatic heterocycles. The van der Waals surface area contributed by atoms with Crippen LogP contribution in [-0.2, 0) is 0 Å². The minimum absolute atomic E-state index is 0. The third-order valence-corrected chi connectivity index (χ3v) is 1.48. The summed E-state index contributed by atoms with van der Waals surface area (Å²) in [5, 5.41) is 3.80. The molecule has 0 heterocycles. The van der Waals surface area contributed by atoms with Crippen molar-refractivity contribution in [3.63, 3.8) is 0 Å². The molecule has 0 aliphatic rings. The SMILES string of the molecule is C/C(=N\[N-]S)c1ccccc1.[Rb+]. The van der Waals surface area contributed by atoms with Crippen LogP contribution in [0.25, 0.3) is 4.83 Å². The van der Waals surface area contributed by atoms with E-state index >= 15 is 0 Å². The van der Waals surface area contributed by atoms with Gasteiger partial charge in [-0.15, -0.1) is 0 Å². The van der Waals surface area contributed by atoms with Gasteiger partial charge in [-0.05, 0) is 12.5 Å². The quantitative estimate of drug-likeness (QED) is 0.421. The van der Waals surface area contributed by atoms with Crippen molar-refractivity contribution in [1.29, 1.82) is 0 Å². The molecule has 0 atom stereocenters. The fraction of sp³-hybridized carbons (Fsp3) is 0.125. The Morgan fingerprint density at radius 2 is 1.92 bits per heavy atom. The van der Waals surface area contributed by atoms with Crippen molar-refractivity contribution in [3.05, 3.63) is 40.7 Å². The van der Waals surface area contributed by atoms with E-state index in [0.717, 1.165) is 11.3 Å². The molecule has 0 aliphatic heterocycles. The molecule has 0 amide bonds. The van der Waals surface area contributed by atoms with Gasteiger partial charge in [0.25, 0.3) is 0 Å². The topological polar surface area (TPSA) is 26.5 Å². The second-order valence-corrected chi connectivity index (χ2v) is 2.32. The summed E-state index contributed by atoms with van der Waals surface area (Å²) in [6.07, 6.45) is 0. The molecule has 1 aromatic carbocycles. The molecule has 1 rings (SSSR count). The smallest absolute Gasteiger partial charge is 0.551 e. The van der Waals surface area contributed by atoms with Gasteiger partial charge in [0, 0.05) is 5.71 Å². The van der Waals surface area contributed by atoms with Crippen LogP contribution in [0.5, 0.6) is 0 Å². The molecule has 0 N–H and O–H groups in total. The second-order valence-electron chi connectivity index (χ2n) is 2.14. The summed E-state index contributed by atoms with van der Waals surface area (Å²) in [6, 6.07) is 9.87. The van der Waals surface area contributed by atoms with Crippen molar-refractivity contribution >= 4 is 18.5 Å². The summed E-state index contributed by atoms with van der Waals surface area (Å²) < 4.78 is 0. The predicted octanol–water partition coefficient (Wildman–Crippen LogP) is -0.367. The first-order chi connectivity index (χ1) is 5.34. The van der Waals surface area contributed by atoms with Gasteiger partial charge in [0.05, 0.1) is 0 Å². The van der Waals surface area contributed by atoms with Crippen molar-refractivity contribution in [2.75, 3.05) is 0 Å². The molecule has 0 fully saturated rings. The van der Waals surface area contributed by atoms with Gasteiger partial charge in [0.15, 0.2) is 0 Å². The van der Waals surface area contributed by atoms with Crippen LogP contribution in [0.15, 0.2) is 35.4 Å². The number of thiol groups is 1. The van der Waals surface area contributed by atoms with E-state index in [4.69, 9.17) is 0 Å². The van der Waals surface area contributed by atoms with Crippen LogP contribution in [-0.4, -0.2) is 5.71 Å². The molecular formula is C8H9N2RbS. The molecule has 0 saturated heterocycles. The molecule has 0 unspecified atom stereocenters. The first-order valence-corrected chi connectivity index (χ1v) is 3.68. The van der Waals surface area contributed by atoms with Crippen molar-refractivity contribution < 1.29 is 58.2 Å². The molecule has 0 radical (unpaired) electrons. The van der Waals surface area contributed by atoms with E-state index in [1.54, 1.807) is 0 Å². The Kier molecular flexibility index (Phi) is 7.78. The Hall–Kier alpha value is 0.845. The molecular weight excluding hydrogens is 242 g/mol. The first-order valence-electron chi connectivity index (χ1n) is 3.28. The van der Waals surface area contributed by atoms with Gasteiger partial charge < -0.3 is 9.93 Å². The standard InChI is InChI=1S/C8H9N2S.Rb/c1-7(9-10-11)8-5-3-2-4-6-8;/h2-6,11H,1H3;/q-1;+1/b9-7+;. The van der Waals surface area contributed by atoms with Crippen molar-refractivity contribution in [2.24, 2.45) is 5.10 Å². The fourth-order valence-corrected chi connectivity index (χ4v) is 0.938. The third kappa shape index (κ3) is 4.19. The maximum absolute atomic E-state index is 3.80. The number of rotatable bonds is 2. The Morgan fingerprint density at radius 1 is 1.33 bits per heavy atom.